The van der Waals surface area contributed by atoms with Gasteiger partial charge in [0.1, 0.15) is 11.6 Å². The maximum atomic E-state index is 4.67. The summed E-state index contributed by atoms with van der Waals surface area (Å²) in [6, 6.07) is 2.10. The number of aryl methyl sites for hydroxylation is 2. The SMILES string of the molecule is CCCc1nc(C)cc(N2CCN(C)CC2)n1. The number of hydrogen-bond acceptors (Lipinski definition) is 4. The molecule has 2 heterocycles. The molecule has 1 aliphatic rings. The summed E-state index contributed by atoms with van der Waals surface area (Å²) >= 11 is 0. The number of piperazine rings is 1. The van der Waals surface area contributed by atoms with Crippen molar-refractivity contribution in [3.8, 4) is 0 Å². The first-order chi connectivity index (χ1) is 8.19. The van der Waals surface area contributed by atoms with Crippen LogP contribution in [0.25, 0.3) is 0 Å². The second-order valence-electron chi connectivity index (χ2n) is 4.82. The Balaban J connectivity index is 2.14. The van der Waals surface area contributed by atoms with Crippen molar-refractivity contribution >= 4 is 5.82 Å². The van der Waals surface area contributed by atoms with E-state index in [1.54, 1.807) is 0 Å². The van der Waals surface area contributed by atoms with E-state index in [-0.39, 0.29) is 0 Å². The Morgan fingerprint density at radius 1 is 1.18 bits per heavy atom. The zero-order valence-corrected chi connectivity index (χ0v) is 11.1. The van der Waals surface area contributed by atoms with Gasteiger partial charge >= 0.3 is 0 Å². The fraction of sp³-hybridized carbons (Fsp3) is 0.692. The molecule has 0 saturated carbocycles. The maximum absolute atomic E-state index is 4.67. The van der Waals surface area contributed by atoms with Crippen molar-refractivity contribution < 1.29 is 0 Å². The van der Waals surface area contributed by atoms with Gasteiger partial charge in [0, 0.05) is 44.4 Å². The minimum Gasteiger partial charge on any atom is -0.354 e. The molecule has 0 spiro atoms. The van der Waals surface area contributed by atoms with E-state index in [2.05, 4.69) is 46.7 Å². The van der Waals surface area contributed by atoms with Crippen LogP contribution < -0.4 is 4.90 Å². The first-order valence-corrected chi connectivity index (χ1v) is 6.47. The molecule has 1 aromatic heterocycles. The average molecular weight is 234 g/mol. The van der Waals surface area contributed by atoms with Crippen molar-refractivity contribution in [1.82, 2.24) is 14.9 Å². The Kier molecular flexibility index (Phi) is 3.94. The van der Waals surface area contributed by atoms with Gasteiger partial charge in [-0.25, -0.2) is 9.97 Å². The predicted molar refractivity (Wildman–Crippen MR) is 70.5 cm³/mol. The van der Waals surface area contributed by atoms with Crippen LogP contribution in [0, 0.1) is 6.92 Å². The molecule has 0 bridgehead atoms. The lowest BCUT2D eigenvalue weighted by Crippen LogP contribution is -2.45. The summed E-state index contributed by atoms with van der Waals surface area (Å²) in [5.74, 6) is 2.09. The molecule has 1 aromatic rings. The molecule has 0 N–H and O–H groups in total. The molecular weight excluding hydrogens is 212 g/mol. The van der Waals surface area contributed by atoms with Gasteiger partial charge in [0.2, 0.25) is 0 Å². The third-order valence-corrected chi connectivity index (χ3v) is 3.19. The Labute approximate surface area is 104 Å². The van der Waals surface area contributed by atoms with Crippen molar-refractivity contribution in [3.05, 3.63) is 17.6 Å². The summed E-state index contributed by atoms with van der Waals surface area (Å²) in [6.45, 7) is 8.59. The van der Waals surface area contributed by atoms with Crippen LogP contribution in [-0.4, -0.2) is 48.1 Å². The number of anilines is 1. The van der Waals surface area contributed by atoms with E-state index in [9.17, 15) is 0 Å². The summed E-state index contributed by atoms with van der Waals surface area (Å²) < 4.78 is 0. The first-order valence-electron chi connectivity index (χ1n) is 6.47. The molecule has 94 valence electrons. The molecule has 0 unspecified atom stereocenters. The second-order valence-corrected chi connectivity index (χ2v) is 4.82. The highest BCUT2D eigenvalue weighted by Gasteiger charge is 2.16. The van der Waals surface area contributed by atoms with Gasteiger partial charge in [-0.2, -0.15) is 0 Å². The lowest BCUT2D eigenvalue weighted by molar-refractivity contribution is 0.312. The molecule has 0 amide bonds. The van der Waals surface area contributed by atoms with Crippen LogP contribution in [0.1, 0.15) is 24.9 Å². The van der Waals surface area contributed by atoms with Crippen LogP contribution in [-0.2, 0) is 6.42 Å². The number of rotatable bonds is 3. The van der Waals surface area contributed by atoms with E-state index in [1.807, 2.05) is 0 Å². The normalized spacial score (nSPS) is 17.5. The van der Waals surface area contributed by atoms with E-state index in [4.69, 9.17) is 0 Å². The molecule has 0 radical (unpaired) electrons. The van der Waals surface area contributed by atoms with Gasteiger partial charge in [-0.1, -0.05) is 6.92 Å². The molecule has 2 rings (SSSR count). The Morgan fingerprint density at radius 3 is 2.53 bits per heavy atom. The molecule has 1 saturated heterocycles. The monoisotopic (exact) mass is 234 g/mol. The highest BCUT2D eigenvalue weighted by molar-refractivity contribution is 5.40. The zero-order valence-electron chi connectivity index (χ0n) is 11.1. The Bertz CT molecular complexity index is 370. The van der Waals surface area contributed by atoms with Crippen LogP contribution in [0.15, 0.2) is 6.07 Å². The molecule has 0 aromatic carbocycles. The molecule has 0 aliphatic carbocycles. The minimum atomic E-state index is 0.975. The molecule has 1 aliphatic heterocycles. The van der Waals surface area contributed by atoms with Crippen LogP contribution in [0.5, 0.6) is 0 Å². The van der Waals surface area contributed by atoms with Crippen molar-refractivity contribution in [2.75, 3.05) is 38.1 Å². The summed E-state index contributed by atoms with van der Waals surface area (Å²) in [4.78, 5) is 13.9. The quantitative estimate of drug-likeness (QED) is 0.793. The first kappa shape index (κ1) is 12.3. The van der Waals surface area contributed by atoms with Gasteiger partial charge in [-0.15, -0.1) is 0 Å². The van der Waals surface area contributed by atoms with Crippen LogP contribution >= 0.6 is 0 Å². The van der Waals surface area contributed by atoms with Crippen molar-refractivity contribution in [3.63, 3.8) is 0 Å². The van der Waals surface area contributed by atoms with Gasteiger partial charge < -0.3 is 9.80 Å². The van der Waals surface area contributed by atoms with Gasteiger partial charge in [0.15, 0.2) is 0 Å². The van der Waals surface area contributed by atoms with Crippen LogP contribution in [0.3, 0.4) is 0 Å². The molecular formula is C13H22N4. The van der Waals surface area contributed by atoms with E-state index < -0.39 is 0 Å². The average Bonchev–Trinajstić information content (AvgIpc) is 2.29. The number of likely N-dealkylation sites (N-methyl/N-ethyl adjacent to an activating group) is 1. The van der Waals surface area contributed by atoms with E-state index in [1.165, 1.54) is 0 Å². The van der Waals surface area contributed by atoms with Gasteiger partial charge in [0.05, 0.1) is 0 Å². The third-order valence-electron chi connectivity index (χ3n) is 3.19. The van der Waals surface area contributed by atoms with E-state index >= 15 is 0 Å². The van der Waals surface area contributed by atoms with Crippen LogP contribution in [0.4, 0.5) is 5.82 Å². The highest BCUT2D eigenvalue weighted by atomic mass is 15.3. The highest BCUT2D eigenvalue weighted by Crippen LogP contribution is 2.15. The van der Waals surface area contributed by atoms with Crippen molar-refractivity contribution in [1.29, 1.82) is 0 Å². The minimum absolute atomic E-state index is 0.975. The Morgan fingerprint density at radius 2 is 1.88 bits per heavy atom. The van der Waals surface area contributed by atoms with Crippen LogP contribution in [0.2, 0.25) is 0 Å². The summed E-state index contributed by atoms with van der Waals surface area (Å²) in [6.07, 6.45) is 2.08. The number of aromatic nitrogens is 2. The van der Waals surface area contributed by atoms with Crippen molar-refractivity contribution in [2.24, 2.45) is 0 Å². The van der Waals surface area contributed by atoms with Gasteiger partial charge in [-0.05, 0) is 20.4 Å². The van der Waals surface area contributed by atoms with Gasteiger partial charge in [-0.3, -0.25) is 0 Å². The van der Waals surface area contributed by atoms with E-state index in [0.717, 1.165) is 56.4 Å². The topological polar surface area (TPSA) is 32.3 Å². The zero-order chi connectivity index (χ0) is 12.3. The molecule has 4 nitrogen and oxygen atoms in total. The maximum Gasteiger partial charge on any atom is 0.132 e. The largest absolute Gasteiger partial charge is 0.354 e. The van der Waals surface area contributed by atoms with Crippen molar-refractivity contribution in [2.45, 2.75) is 26.7 Å². The second kappa shape index (κ2) is 5.45. The third kappa shape index (κ3) is 3.16. The molecule has 1 fully saturated rings. The molecule has 17 heavy (non-hydrogen) atoms. The molecule has 0 atom stereocenters. The number of hydrogen-bond donors (Lipinski definition) is 0. The fourth-order valence-electron chi connectivity index (χ4n) is 2.15. The lowest BCUT2D eigenvalue weighted by atomic mass is 10.3. The fourth-order valence-corrected chi connectivity index (χ4v) is 2.15. The summed E-state index contributed by atoms with van der Waals surface area (Å²) in [7, 11) is 2.17. The summed E-state index contributed by atoms with van der Waals surface area (Å²) in [5, 5.41) is 0. The standard InChI is InChI=1S/C13H22N4/c1-4-5-12-14-11(2)10-13(15-12)17-8-6-16(3)7-9-17/h10H,4-9H2,1-3H3. The van der Waals surface area contributed by atoms with E-state index in [0.29, 0.717) is 0 Å². The van der Waals surface area contributed by atoms with Gasteiger partial charge in [0.25, 0.3) is 0 Å². The Hall–Kier alpha value is -1.16. The predicted octanol–water partition coefficient (Wildman–Crippen LogP) is 1.49. The number of nitrogens with zero attached hydrogens (tertiary/aromatic N) is 4. The molecule has 4 heteroatoms. The summed E-state index contributed by atoms with van der Waals surface area (Å²) in [5.41, 5.74) is 1.08. The lowest BCUT2D eigenvalue weighted by Gasteiger charge is -2.33. The smallest absolute Gasteiger partial charge is 0.132 e.